The van der Waals surface area contributed by atoms with Crippen LogP contribution in [0.25, 0.3) is 11.2 Å². The van der Waals surface area contributed by atoms with Crippen molar-refractivity contribution in [2.75, 3.05) is 13.1 Å². The van der Waals surface area contributed by atoms with Gasteiger partial charge >= 0.3 is 5.69 Å². The first-order chi connectivity index (χ1) is 12.9. The molecule has 2 aromatic rings. The van der Waals surface area contributed by atoms with Gasteiger partial charge < -0.3 is 4.57 Å². The van der Waals surface area contributed by atoms with Crippen molar-refractivity contribution in [2.45, 2.75) is 65.5 Å². The monoisotopic (exact) mass is 375 g/mol. The van der Waals surface area contributed by atoms with E-state index in [2.05, 4.69) is 23.3 Å². The molecule has 0 aliphatic carbocycles. The molecule has 3 rings (SSSR count). The van der Waals surface area contributed by atoms with E-state index in [0.29, 0.717) is 17.1 Å². The standard InChI is InChI=1S/C20H33N5O2/c1-5-6-7-8-12-25-16(14-24-11-9-10-15(2)13-24)21-18-17(25)19(26)23(4)20(27)22(18)3/h15H,5-14H2,1-4H3/t15-/m0/s1. The lowest BCUT2D eigenvalue weighted by Crippen LogP contribution is -2.37. The van der Waals surface area contributed by atoms with Crippen LogP contribution in [0.1, 0.15) is 58.2 Å². The number of imidazole rings is 1. The van der Waals surface area contributed by atoms with E-state index in [1.807, 2.05) is 0 Å². The summed E-state index contributed by atoms with van der Waals surface area (Å²) >= 11 is 0. The van der Waals surface area contributed by atoms with Gasteiger partial charge in [0, 0.05) is 27.2 Å². The average molecular weight is 376 g/mol. The zero-order valence-electron chi connectivity index (χ0n) is 17.2. The molecule has 2 aromatic heterocycles. The van der Waals surface area contributed by atoms with Gasteiger partial charge in [-0.2, -0.15) is 0 Å². The minimum atomic E-state index is -0.318. The Kier molecular flexibility index (Phi) is 6.19. The molecule has 1 saturated heterocycles. The summed E-state index contributed by atoms with van der Waals surface area (Å²) in [6.45, 7) is 8.14. The summed E-state index contributed by atoms with van der Waals surface area (Å²) in [6, 6.07) is 0. The van der Waals surface area contributed by atoms with Crippen LogP contribution in [0, 0.1) is 5.92 Å². The van der Waals surface area contributed by atoms with E-state index in [9.17, 15) is 9.59 Å². The second kappa shape index (κ2) is 8.42. The third-order valence-corrected chi connectivity index (χ3v) is 5.77. The lowest BCUT2D eigenvalue weighted by atomic mass is 10.0. The average Bonchev–Trinajstić information content (AvgIpc) is 3.00. The Hall–Kier alpha value is -1.89. The fourth-order valence-electron chi connectivity index (χ4n) is 4.18. The molecule has 7 heteroatoms. The van der Waals surface area contributed by atoms with Gasteiger partial charge in [-0.05, 0) is 31.7 Å². The summed E-state index contributed by atoms with van der Waals surface area (Å²) in [5.74, 6) is 1.60. The number of fused-ring (bicyclic) bond motifs is 1. The molecule has 1 fully saturated rings. The van der Waals surface area contributed by atoms with Gasteiger partial charge in [-0.15, -0.1) is 0 Å². The van der Waals surface area contributed by atoms with E-state index in [1.54, 1.807) is 14.1 Å². The lowest BCUT2D eigenvalue weighted by Gasteiger charge is -2.30. The third-order valence-electron chi connectivity index (χ3n) is 5.77. The van der Waals surface area contributed by atoms with E-state index >= 15 is 0 Å². The lowest BCUT2D eigenvalue weighted by molar-refractivity contribution is 0.171. The van der Waals surface area contributed by atoms with Crippen molar-refractivity contribution in [3.8, 4) is 0 Å². The number of nitrogens with zero attached hydrogens (tertiary/aromatic N) is 5. The number of piperidine rings is 1. The van der Waals surface area contributed by atoms with Crippen molar-refractivity contribution in [3.63, 3.8) is 0 Å². The van der Waals surface area contributed by atoms with Gasteiger partial charge in [-0.3, -0.25) is 18.8 Å². The molecule has 27 heavy (non-hydrogen) atoms. The highest BCUT2D eigenvalue weighted by atomic mass is 16.2. The zero-order valence-corrected chi connectivity index (χ0v) is 17.2. The fraction of sp³-hybridized carbons (Fsp3) is 0.750. The summed E-state index contributed by atoms with van der Waals surface area (Å²) in [5.41, 5.74) is 0.519. The Balaban J connectivity index is 2.02. The van der Waals surface area contributed by atoms with Crippen molar-refractivity contribution in [1.29, 1.82) is 0 Å². The highest BCUT2D eigenvalue weighted by molar-refractivity contribution is 5.71. The highest BCUT2D eigenvalue weighted by Gasteiger charge is 2.22. The minimum Gasteiger partial charge on any atom is -0.321 e. The highest BCUT2D eigenvalue weighted by Crippen LogP contribution is 2.20. The Labute approximate surface area is 160 Å². The molecule has 1 atom stereocenters. The molecular weight excluding hydrogens is 342 g/mol. The Morgan fingerprint density at radius 3 is 2.59 bits per heavy atom. The Morgan fingerprint density at radius 1 is 1.11 bits per heavy atom. The van der Waals surface area contributed by atoms with Crippen LogP contribution in [0.15, 0.2) is 9.59 Å². The summed E-state index contributed by atoms with van der Waals surface area (Å²) in [5, 5.41) is 0. The number of aromatic nitrogens is 4. The summed E-state index contributed by atoms with van der Waals surface area (Å²) in [4.78, 5) is 32.4. The van der Waals surface area contributed by atoms with Gasteiger partial charge in [0.05, 0.1) is 6.54 Å². The van der Waals surface area contributed by atoms with Crippen molar-refractivity contribution in [1.82, 2.24) is 23.6 Å². The van der Waals surface area contributed by atoms with E-state index < -0.39 is 0 Å². The molecule has 0 spiro atoms. The van der Waals surface area contributed by atoms with Crippen LogP contribution in [-0.4, -0.2) is 36.7 Å². The maximum absolute atomic E-state index is 12.8. The smallest absolute Gasteiger partial charge is 0.321 e. The SMILES string of the molecule is CCCCCCn1c(CN2CCC[C@H](C)C2)nc2c1c(=O)n(C)c(=O)n2C. The molecule has 3 heterocycles. The van der Waals surface area contributed by atoms with Crippen molar-refractivity contribution in [2.24, 2.45) is 20.0 Å². The van der Waals surface area contributed by atoms with Gasteiger partial charge in [0.15, 0.2) is 11.2 Å². The fourth-order valence-corrected chi connectivity index (χ4v) is 4.18. The first-order valence-electron chi connectivity index (χ1n) is 10.3. The largest absolute Gasteiger partial charge is 0.332 e. The van der Waals surface area contributed by atoms with Crippen molar-refractivity contribution in [3.05, 3.63) is 26.7 Å². The molecule has 0 aromatic carbocycles. The van der Waals surface area contributed by atoms with Crippen LogP contribution >= 0.6 is 0 Å². The quantitative estimate of drug-likeness (QED) is 0.696. The minimum absolute atomic E-state index is 0.241. The molecule has 0 saturated carbocycles. The maximum atomic E-state index is 12.8. The third kappa shape index (κ3) is 4.03. The van der Waals surface area contributed by atoms with E-state index in [0.717, 1.165) is 44.8 Å². The maximum Gasteiger partial charge on any atom is 0.332 e. The number of aryl methyl sites for hydroxylation is 2. The molecule has 150 valence electrons. The first-order valence-corrected chi connectivity index (χ1v) is 10.3. The van der Waals surface area contributed by atoms with Crippen molar-refractivity contribution < 1.29 is 0 Å². The molecule has 0 N–H and O–H groups in total. The molecule has 7 nitrogen and oxygen atoms in total. The topological polar surface area (TPSA) is 65.1 Å². The second-order valence-electron chi connectivity index (χ2n) is 8.10. The molecule has 1 aliphatic heterocycles. The number of unbranched alkanes of at least 4 members (excludes halogenated alkanes) is 3. The van der Waals surface area contributed by atoms with E-state index in [-0.39, 0.29) is 11.2 Å². The Morgan fingerprint density at radius 2 is 1.89 bits per heavy atom. The van der Waals surface area contributed by atoms with Crippen LogP contribution in [0.3, 0.4) is 0 Å². The molecule has 0 unspecified atom stereocenters. The van der Waals surface area contributed by atoms with Crippen LogP contribution in [-0.2, 0) is 27.2 Å². The number of hydrogen-bond acceptors (Lipinski definition) is 4. The van der Waals surface area contributed by atoms with Crippen LogP contribution in [0.2, 0.25) is 0 Å². The molecular formula is C20H33N5O2. The van der Waals surface area contributed by atoms with Gasteiger partial charge in [-0.1, -0.05) is 33.1 Å². The predicted octanol–water partition coefficient (Wildman–Crippen LogP) is 2.25. The van der Waals surface area contributed by atoms with Gasteiger partial charge in [-0.25, -0.2) is 9.78 Å². The molecule has 0 amide bonds. The Bertz CT molecular complexity index is 908. The van der Waals surface area contributed by atoms with Gasteiger partial charge in [0.25, 0.3) is 5.56 Å². The number of likely N-dealkylation sites (tertiary alicyclic amines) is 1. The second-order valence-corrected chi connectivity index (χ2v) is 8.10. The number of rotatable bonds is 7. The first kappa shape index (κ1) is 19.9. The molecule has 1 aliphatic rings. The van der Waals surface area contributed by atoms with Gasteiger partial charge in [0.2, 0.25) is 0 Å². The van der Waals surface area contributed by atoms with Gasteiger partial charge in [0.1, 0.15) is 5.82 Å². The summed E-state index contributed by atoms with van der Waals surface area (Å²) < 4.78 is 4.77. The normalized spacial score (nSPS) is 18.4. The number of hydrogen-bond donors (Lipinski definition) is 0. The molecule has 0 radical (unpaired) electrons. The predicted molar refractivity (Wildman–Crippen MR) is 108 cm³/mol. The summed E-state index contributed by atoms with van der Waals surface area (Å²) in [6.07, 6.45) is 7.02. The van der Waals surface area contributed by atoms with Crippen LogP contribution in [0.5, 0.6) is 0 Å². The van der Waals surface area contributed by atoms with Crippen LogP contribution in [0.4, 0.5) is 0 Å². The van der Waals surface area contributed by atoms with E-state index in [1.165, 1.54) is 34.8 Å². The van der Waals surface area contributed by atoms with E-state index in [4.69, 9.17) is 4.98 Å². The summed E-state index contributed by atoms with van der Waals surface area (Å²) in [7, 11) is 3.25. The zero-order chi connectivity index (χ0) is 19.6. The van der Waals surface area contributed by atoms with Crippen LogP contribution < -0.4 is 11.2 Å². The molecule has 0 bridgehead atoms. The van der Waals surface area contributed by atoms with Crippen molar-refractivity contribution >= 4 is 11.2 Å².